The van der Waals surface area contributed by atoms with Gasteiger partial charge in [0, 0.05) is 49.9 Å². The number of fused-ring (bicyclic) bond motifs is 1. The normalized spacial score (nSPS) is 14.7. The number of hydrogen-bond acceptors (Lipinski definition) is 5. The van der Waals surface area contributed by atoms with Gasteiger partial charge in [-0.05, 0) is 60.4 Å². The fraction of sp³-hybridized carbons (Fsp3) is 0.267. The number of pyridine rings is 1. The third kappa shape index (κ3) is 5.43. The highest BCUT2D eigenvalue weighted by atomic mass is 32.2. The lowest BCUT2D eigenvalue weighted by Gasteiger charge is -2.35. The molecule has 2 heterocycles. The van der Waals surface area contributed by atoms with Crippen LogP contribution in [0, 0.1) is 13.8 Å². The SMILES string of the molecule is Cc1cccc(C)c1CN1CCN(C(=O)c2ccc(CS(=O)(=O)c3cccc4cccnc34)cc2)CC1. The molecule has 1 aliphatic heterocycles. The smallest absolute Gasteiger partial charge is 0.253 e. The molecular weight excluding hydrogens is 482 g/mol. The molecule has 0 spiro atoms. The molecule has 0 atom stereocenters. The van der Waals surface area contributed by atoms with Crippen LogP contribution < -0.4 is 0 Å². The van der Waals surface area contributed by atoms with E-state index in [1.807, 2.05) is 17.0 Å². The van der Waals surface area contributed by atoms with E-state index >= 15 is 0 Å². The van der Waals surface area contributed by atoms with Crippen LogP contribution >= 0.6 is 0 Å². The van der Waals surface area contributed by atoms with Gasteiger partial charge in [0.15, 0.2) is 9.84 Å². The molecule has 37 heavy (non-hydrogen) atoms. The van der Waals surface area contributed by atoms with Gasteiger partial charge in [0.25, 0.3) is 5.91 Å². The molecule has 190 valence electrons. The van der Waals surface area contributed by atoms with Crippen LogP contribution in [0.2, 0.25) is 0 Å². The summed E-state index contributed by atoms with van der Waals surface area (Å²) in [6.07, 6.45) is 1.60. The number of benzene rings is 3. The van der Waals surface area contributed by atoms with Crippen LogP contribution in [0.4, 0.5) is 0 Å². The maximum Gasteiger partial charge on any atom is 0.253 e. The van der Waals surface area contributed by atoms with E-state index in [0.29, 0.717) is 29.7 Å². The third-order valence-electron chi connectivity index (χ3n) is 7.17. The zero-order chi connectivity index (χ0) is 26.0. The lowest BCUT2D eigenvalue weighted by Crippen LogP contribution is -2.48. The van der Waals surface area contributed by atoms with E-state index in [4.69, 9.17) is 0 Å². The van der Waals surface area contributed by atoms with Crippen molar-refractivity contribution in [3.05, 3.63) is 107 Å². The highest BCUT2D eigenvalue weighted by molar-refractivity contribution is 7.90. The Balaban J connectivity index is 1.22. The molecule has 0 aliphatic carbocycles. The quantitative estimate of drug-likeness (QED) is 0.371. The molecule has 0 radical (unpaired) electrons. The molecule has 1 fully saturated rings. The molecule has 4 aromatic rings. The second-order valence-electron chi connectivity index (χ2n) is 9.73. The predicted molar refractivity (Wildman–Crippen MR) is 146 cm³/mol. The Morgan fingerprint density at radius 3 is 2.19 bits per heavy atom. The molecule has 1 saturated heterocycles. The first-order valence-corrected chi connectivity index (χ1v) is 14.2. The highest BCUT2D eigenvalue weighted by Gasteiger charge is 2.24. The molecule has 5 rings (SSSR count). The van der Waals surface area contributed by atoms with E-state index in [1.165, 1.54) is 16.7 Å². The first kappa shape index (κ1) is 25.1. The fourth-order valence-electron chi connectivity index (χ4n) is 4.98. The Hall–Kier alpha value is -3.55. The first-order chi connectivity index (χ1) is 17.8. The Morgan fingerprint density at radius 1 is 0.838 bits per heavy atom. The van der Waals surface area contributed by atoms with E-state index in [-0.39, 0.29) is 16.6 Å². The van der Waals surface area contributed by atoms with E-state index in [2.05, 4.69) is 41.9 Å². The second-order valence-corrected chi connectivity index (χ2v) is 11.7. The van der Waals surface area contributed by atoms with Gasteiger partial charge >= 0.3 is 0 Å². The number of piperazine rings is 1. The minimum Gasteiger partial charge on any atom is -0.336 e. The standard InChI is InChI=1S/C30H31N3O3S/c1-22-6-3-7-23(2)27(22)20-32-16-18-33(19-17-32)30(34)26-13-11-24(12-14-26)21-37(35,36)28-10-4-8-25-9-5-15-31-29(25)28/h3-15H,16-21H2,1-2H3. The van der Waals surface area contributed by atoms with Crippen LogP contribution in [0.15, 0.2) is 83.9 Å². The van der Waals surface area contributed by atoms with Gasteiger partial charge in [-0.15, -0.1) is 0 Å². The molecule has 1 aromatic heterocycles. The van der Waals surface area contributed by atoms with Crippen LogP contribution in [-0.4, -0.2) is 55.3 Å². The Kier molecular flexibility index (Phi) is 7.09. The number of aromatic nitrogens is 1. The van der Waals surface area contributed by atoms with Gasteiger partial charge in [0.05, 0.1) is 16.2 Å². The number of hydrogen-bond donors (Lipinski definition) is 0. The van der Waals surface area contributed by atoms with Gasteiger partial charge in [-0.3, -0.25) is 14.7 Å². The number of aryl methyl sites for hydroxylation is 2. The average molecular weight is 514 g/mol. The Labute approximate surface area is 218 Å². The number of carbonyl (C=O) groups excluding carboxylic acids is 1. The second kappa shape index (κ2) is 10.4. The van der Waals surface area contributed by atoms with Crippen molar-refractivity contribution in [3.8, 4) is 0 Å². The molecule has 0 unspecified atom stereocenters. The summed E-state index contributed by atoms with van der Waals surface area (Å²) < 4.78 is 26.3. The molecule has 0 bridgehead atoms. The van der Waals surface area contributed by atoms with Gasteiger partial charge in [-0.1, -0.05) is 48.5 Å². The molecule has 0 saturated carbocycles. The largest absolute Gasteiger partial charge is 0.336 e. The lowest BCUT2D eigenvalue weighted by molar-refractivity contribution is 0.0628. The maximum absolute atomic E-state index is 13.2. The number of carbonyl (C=O) groups is 1. The van der Waals surface area contributed by atoms with Crippen molar-refractivity contribution in [2.75, 3.05) is 26.2 Å². The summed E-state index contributed by atoms with van der Waals surface area (Å²) in [6.45, 7) is 8.20. The molecule has 0 N–H and O–H groups in total. The number of para-hydroxylation sites is 1. The number of sulfone groups is 1. The van der Waals surface area contributed by atoms with Crippen molar-refractivity contribution >= 4 is 26.6 Å². The van der Waals surface area contributed by atoms with Gasteiger partial charge in [-0.25, -0.2) is 8.42 Å². The van der Waals surface area contributed by atoms with Crippen molar-refractivity contribution in [2.24, 2.45) is 0 Å². The Morgan fingerprint density at radius 2 is 1.49 bits per heavy atom. The van der Waals surface area contributed by atoms with Crippen LogP contribution in [0.3, 0.4) is 0 Å². The topological polar surface area (TPSA) is 70.6 Å². The molecule has 1 amide bonds. The van der Waals surface area contributed by atoms with E-state index in [9.17, 15) is 13.2 Å². The van der Waals surface area contributed by atoms with Crippen LogP contribution in [0.5, 0.6) is 0 Å². The highest BCUT2D eigenvalue weighted by Crippen LogP contribution is 2.24. The molecule has 3 aromatic carbocycles. The summed E-state index contributed by atoms with van der Waals surface area (Å²) in [4.78, 5) is 21.9. The van der Waals surface area contributed by atoms with E-state index in [1.54, 1.807) is 48.7 Å². The molecule has 6 nitrogen and oxygen atoms in total. The molecular formula is C30H31N3O3S. The summed E-state index contributed by atoms with van der Waals surface area (Å²) in [7, 11) is -3.60. The van der Waals surface area contributed by atoms with Gasteiger partial charge < -0.3 is 4.90 Å². The van der Waals surface area contributed by atoms with Gasteiger partial charge in [0.1, 0.15) is 0 Å². The third-order valence-corrected chi connectivity index (χ3v) is 8.89. The van der Waals surface area contributed by atoms with Crippen molar-refractivity contribution in [1.29, 1.82) is 0 Å². The number of nitrogens with zero attached hydrogens (tertiary/aromatic N) is 3. The molecule has 7 heteroatoms. The minimum absolute atomic E-state index is 0.0145. The van der Waals surface area contributed by atoms with E-state index in [0.717, 1.165) is 25.0 Å². The van der Waals surface area contributed by atoms with Crippen molar-refractivity contribution in [2.45, 2.75) is 31.0 Å². The fourth-order valence-corrected chi connectivity index (χ4v) is 6.52. The number of amides is 1. The summed E-state index contributed by atoms with van der Waals surface area (Å²) in [5.74, 6) is -0.159. The summed E-state index contributed by atoms with van der Waals surface area (Å²) >= 11 is 0. The predicted octanol–water partition coefficient (Wildman–Crippen LogP) is 4.78. The van der Waals surface area contributed by atoms with Crippen LogP contribution in [0.25, 0.3) is 10.9 Å². The maximum atomic E-state index is 13.2. The average Bonchev–Trinajstić information content (AvgIpc) is 2.91. The summed E-state index contributed by atoms with van der Waals surface area (Å²) in [5.41, 5.74) is 5.68. The summed E-state index contributed by atoms with van der Waals surface area (Å²) in [5, 5.41) is 0.790. The van der Waals surface area contributed by atoms with Gasteiger partial charge in [-0.2, -0.15) is 0 Å². The van der Waals surface area contributed by atoms with Crippen molar-refractivity contribution in [1.82, 2.24) is 14.8 Å². The first-order valence-electron chi connectivity index (χ1n) is 12.5. The zero-order valence-corrected chi connectivity index (χ0v) is 22.0. The van der Waals surface area contributed by atoms with Crippen molar-refractivity contribution in [3.63, 3.8) is 0 Å². The minimum atomic E-state index is -3.60. The van der Waals surface area contributed by atoms with E-state index < -0.39 is 9.84 Å². The lowest BCUT2D eigenvalue weighted by atomic mass is 10.0. The van der Waals surface area contributed by atoms with Gasteiger partial charge in [0.2, 0.25) is 0 Å². The van der Waals surface area contributed by atoms with Crippen molar-refractivity contribution < 1.29 is 13.2 Å². The Bertz CT molecular complexity index is 1510. The van der Waals surface area contributed by atoms with Crippen LogP contribution in [0.1, 0.15) is 32.6 Å². The zero-order valence-electron chi connectivity index (χ0n) is 21.2. The number of rotatable bonds is 6. The monoisotopic (exact) mass is 513 g/mol. The molecule has 1 aliphatic rings. The summed E-state index contributed by atoms with van der Waals surface area (Å²) in [6, 6.07) is 22.2. The van der Waals surface area contributed by atoms with Crippen LogP contribution in [-0.2, 0) is 22.1 Å².